The van der Waals surface area contributed by atoms with Gasteiger partial charge in [0.1, 0.15) is 0 Å². The van der Waals surface area contributed by atoms with Crippen molar-refractivity contribution in [1.82, 2.24) is 9.97 Å². The van der Waals surface area contributed by atoms with E-state index in [0.717, 1.165) is 25.7 Å². The number of anilines is 1. The maximum atomic E-state index is 6.30. The molecule has 2 fully saturated rings. The van der Waals surface area contributed by atoms with Crippen molar-refractivity contribution < 1.29 is 9.47 Å². The molecule has 104 valence electrons. The molecule has 0 spiro atoms. The van der Waals surface area contributed by atoms with E-state index in [1.165, 1.54) is 0 Å². The van der Waals surface area contributed by atoms with Crippen LogP contribution < -0.4 is 14.4 Å². The monoisotopic (exact) mass is 283 g/mol. The highest BCUT2D eigenvalue weighted by molar-refractivity contribution is 6.20. The van der Waals surface area contributed by atoms with E-state index in [-0.39, 0.29) is 5.38 Å². The van der Waals surface area contributed by atoms with Crippen LogP contribution in [-0.4, -0.2) is 41.6 Å². The molecule has 0 N–H and O–H groups in total. The predicted molar refractivity (Wildman–Crippen MR) is 73.3 cm³/mol. The molecule has 0 saturated carbocycles. The highest BCUT2D eigenvalue weighted by atomic mass is 35.5. The maximum Gasteiger partial charge on any atom is 0.232 e. The second-order valence-electron chi connectivity index (χ2n) is 5.11. The van der Waals surface area contributed by atoms with Gasteiger partial charge in [-0.3, -0.25) is 0 Å². The van der Waals surface area contributed by atoms with Crippen LogP contribution in [0.15, 0.2) is 6.07 Å². The Morgan fingerprint density at radius 2 is 1.63 bits per heavy atom. The van der Waals surface area contributed by atoms with E-state index < -0.39 is 0 Å². The lowest BCUT2D eigenvalue weighted by Gasteiger charge is -2.37. The van der Waals surface area contributed by atoms with E-state index in [4.69, 9.17) is 21.1 Å². The van der Waals surface area contributed by atoms with Gasteiger partial charge >= 0.3 is 0 Å². The van der Waals surface area contributed by atoms with Crippen LogP contribution in [0.25, 0.3) is 0 Å². The first-order valence-electron chi connectivity index (χ1n) is 6.60. The smallest absolute Gasteiger partial charge is 0.232 e. The van der Waals surface area contributed by atoms with Gasteiger partial charge in [-0.1, -0.05) is 0 Å². The minimum atomic E-state index is 0.279. The molecule has 2 aliphatic rings. The minimum absolute atomic E-state index is 0.279. The summed E-state index contributed by atoms with van der Waals surface area (Å²) in [4.78, 5) is 11.2. The van der Waals surface area contributed by atoms with E-state index in [1.54, 1.807) is 20.3 Å². The van der Waals surface area contributed by atoms with E-state index in [2.05, 4.69) is 14.9 Å². The molecule has 2 unspecified atom stereocenters. The Kier molecular flexibility index (Phi) is 3.39. The zero-order valence-corrected chi connectivity index (χ0v) is 11.9. The Morgan fingerprint density at radius 1 is 1.11 bits per heavy atom. The zero-order valence-electron chi connectivity index (χ0n) is 11.2. The quantitative estimate of drug-likeness (QED) is 0.796. The third kappa shape index (κ3) is 2.31. The first-order valence-corrected chi connectivity index (χ1v) is 7.04. The molecule has 1 aromatic heterocycles. The Hall–Kier alpha value is -1.23. The fourth-order valence-electron chi connectivity index (χ4n) is 3.15. The summed E-state index contributed by atoms with van der Waals surface area (Å²) < 4.78 is 10.4. The number of alkyl halides is 1. The molecule has 0 radical (unpaired) electrons. The van der Waals surface area contributed by atoms with Crippen LogP contribution >= 0.6 is 11.6 Å². The first kappa shape index (κ1) is 12.8. The SMILES string of the molecule is COc1cc(OC)nc(N2C3CCC2CC(Cl)C3)n1. The maximum absolute atomic E-state index is 6.30. The number of piperidine rings is 1. The summed E-state index contributed by atoms with van der Waals surface area (Å²) in [6.07, 6.45) is 4.33. The number of fused-ring (bicyclic) bond motifs is 2. The standard InChI is InChI=1S/C13H18ClN3O2/c1-18-11-7-12(19-2)16-13(15-11)17-9-3-4-10(17)6-8(14)5-9/h7-10H,3-6H2,1-2H3. The van der Waals surface area contributed by atoms with Crippen molar-refractivity contribution >= 4 is 17.5 Å². The van der Waals surface area contributed by atoms with Gasteiger partial charge in [-0.2, -0.15) is 9.97 Å². The second kappa shape index (κ2) is 5.04. The highest BCUT2D eigenvalue weighted by Gasteiger charge is 2.41. The van der Waals surface area contributed by atoms with Crippen molar-refractivity contribution in [3.8, 4) is 11.8 Å². The Bertz CT molecular complexity index is 435. The summed E-state index contributed by atoms with van der Waals surface area (Å²) in [6, 6.07) is 2.58. The molecule has 2 atom stereocenters. The fourth-order valence-corrected chi connectivity index (χ4v) is 3.57. The van der Waals surface area contributed by atoms with Crippen molar-refractivity contribution in [2.75, 3.05) is 19.1 Å². The van der Waals surface area contributed by atoms with Gasteiger partial charge < -0.3 is 14.4 Å². The van der Waals surface area contributed by atoms with Gasteiger partial charge in [0.2, 0.25) is 17.7 Å². The minimum Gasteiger partial charge on any atom is -0.481 e. The summed E-state index contributed by atoms with van der Waals surface area (Å²) in [7, 11) is 3.20. The number of nitrogens with zero attached hydrogens (tertiary/aromatic N) is 3. The largest absolute Gasteiger partial charge is 0.481 e. The van der Waals surface area contributed by atoms with E-state index in [1.807, 2.05) is 0 Å². The number of hydrogen-bond acceptors (Lipinski definition) is 5. The Balaban J connectivity index is 1.94. The summed E-state index contributed by atoms with van der Waals surface area (Å²) in [5.74, 6) is 1.77. The number of halogens is 1. The highest BCUT2D eigenvalue weighted by Crippen LogP contribution is 2.40. The average Bonchev–Trinajstić information content (AvgIpc) is 2.70. The van der Waals surface area contributed by atoms with Gasteiger partial charge in [0, 0.05) is 17.5 Å². The number of methoxy groups -OCH3 is 2. The van der Waals surface area contributed by atoms with Crippen LogP contribution in [0.4, 0.5) is 5.95 Å². The molecule has 2 saturated heterocycles. The average molecular weight is 284 g/mol. The molecule has 3 rings (SSSR count). The zero-order chi connectivity index (χ0) is 13.4. The first-order chi connectivity index (χ1) is 9.21. The summed E-state index contributed by atoms with van der Waals surface area (Å²) in [6.45, 7) is 0. The molecule has 19 heavy (non-hydrogen) atoms. The van der Waals surface area contributed by atoms with Crippen molar-refractivity contribution in [3.05, 3.63) is 6.07 Å². The van der Waals surface area contributed by atoms with Crippen LogP contribution in [0.2, 0.25) is 0 Å². The van der Waals surface area contributed by atoms with Crippen molar-refractivity contribution in [2.45, 2.75) is 43.1 Å². The molecule has 2 bridgehead atoms. The molecule has 2 aliphatic heterocycles. The second-order valence-corrected chi connectivity index (χ2v) is 5.73. The van der Waals surface area contributed by atoms with Crippen LogP contribution in [0.3, 0.4) is 0 Å². The number of rotatable bonds is 3. The molecule has 0 aromatic carbocycles. The molecular formula is C13H18ClN3O2. The summed E-state index contributed by atoms with van der Waals surface area (Å²) in [5.41, 5.74) is 0. The third-order valence-electron chi connectivity index (χ3n) is 3.99. The lowest BCUT2D eigenvalue weighted by molar-refractivity contribution is 0.368. The molecule has 0 aliphatic carbocycles. The summed E-state index contributed by atoms with van der Waals surface area (Å²) in [5, 5.41) is 0.279. The molecule has 0 amide bonds. The van der Waals surface area contributed by atoms with Crippen molar-refractivity contribution in [3.63, 3.8) is 0 Å². The normalized spacial score (nSPS) is 29.4. The van der Waals surface area contributed by atoms with Crippen LogP contribution in [-0.2, 0) is 0 Å². The van der Waals surface area contributed by atoms with Gasteiger partial charge in [0.15, 0.2) is 0 Å². The van der Waals surface area contributed by atoms with Crippen LogP contribution in [0, 0.1) is 0 Å². The van der Waals surface area contributed by atoms with Gasteiger partial charge in [-0.15, -0.1) is 11.6 Å². The number of aromatic nitrogens is 2. The predicted octanol–water partition coefficient (Wildman–Crippen LogP) is 2.23. The van der Waals surface area contributed by atoms with Crippen molar-refractivity contribution in [2.24, 2.45) is 0 Å². The van der Waals surface area contributed by atoms with Crippen LogP contribution in [0.5, 0.6) is 11.8 Å². The molecule has 1 aromatic rings. The summed E-state index contributed by atoms with van der Waals surface area (Å²) >= 11 is 6.30. The topological polar surface area (TPSA) is 47.5 Å². The van der Waals surface area contributed by atoms with E-state index in [0.29, 0.717) is 29.8 Å². The Labute approximate surface area is 117 Å². The van der Waals surface area contributed by atoms with E-state index >= 15 is 0 Å². The third-order valence-corrected chi connectivity index (χ3v) is 4.35. The van der Waals surface area contributed by atoms with Gasteiger partial charge in [-0.25, -0.2) is 0 Å². The van der Waals surface area contributed by atoms with Crippen molar-refractivity contribution in [1.29, 1.82) is 0 Å². The Morgan fingerprint density at radius 3 is 2.11 bits per heavy atom. The lowest BCUT2D eigenvalue weighted by Crippen LogP contribution is -2.44. The fraction of sp³-hybridized carbons (Fsp3) is 0.692. The van der Waals surface area contributed by atoms with Gasteiger partial charge in [-0.05, 0) is 25.7 Å². The van der Waals surface area contributed by atoms with E-state index in [9.17, 15) is 0 Å². The molecular weight excluding hydrogens is 266 g/mol. The van der Waals surface area contributed by atoms with Crippen LogP contribution in [0.1, 0.15) is 25.7 Å². The van der Waals surface area contributed by atoms with Gasteiger partial charge in [0.25, 0.3) is 0 Å². The number of ether oxygens (including phenoxy) is 2. The molecule has 5 nitrogen and oxygen atoms in total. The number of hydrogen-bond donors (Lipinski definition) is 0. The lowest BCUT2D eigenvalue weighted by atomic mass is 10.0. The molecule has 3 heterocycles. The molecule has 6 heteroatoms. The van der Waals surface area contributed by atoms with Gasteiger partial charge in [0.05, 0.1) is 20.3 Å².